The molecule has 0 aromatic heterocycles. The normalized spacial score (nSPS) is 17.2. The molecule has 33 heavy (non-hydrogen) atoms. The van der Waals surface area contributed by atoms with E-state index in [9.17, 15) is 29.9 Å². The number of methoxy groups -OCH3 is 1. The number of hydrogen-bond donors (Lipinski definition) is 2. The number of carbonyl (C=O) groups excluding carboxylic acids is 2. The van der Waals surface area contributed by atoms with E-state index in [4.69, 9.17) is 4.74 Å². The van der Waals surface area contributed by atoms with Crippen molar-refractivity contribution in [3.8, 4) is 11.5 Å². The van der Waals surface area contributed by atoms with Crippen LogP contribution in [-0.2, 0) is 9.59 Å². The molecule has 4 rings (SSSR count). The predicted octanol–water partition coefficient (Wildman–Crippen LogP) is 3.94. The minimum Gasteiger partial charge on any atom is -0.507 e. The lowest BCUT2D eigenvalue weighted by Crippen LogP contribution is -2.29. The number of phenolic OH excluding ortho intramolecular Hbond substituents is 1. The van der Waals surface area contributed by atoms with Gasteiger partial charge in [0.2, 0.25) is 0 Å². The summed E-state index contributed by atoms with van der Waals surface area (Å²) in [5.41, 5.74) is 0.611. The van der Waals surface area contributed by atoms with Crippen molar-refractivity contribution >= 4 is 28.8 Å². The van der Waals surface area contributed by atoms with E-state index in [1.165, 1.54) is 54.5 Å². The van der Waals surface area contributed by atoms with Crippen LogP contribution in [0.4, 0.5) is 11.4 Å². The molecule has 1 unspecified atom stereocenters. The smallest absolute Gasteiger partial charge is 0.300 e. The molecular formula is C24H18N2O7. The van der Waals surface area contributed by atoms with Crippen molar-refractivity contribution in [3.63, 3.8) is 0 Å². The van der Waals surface area contributed by atoms with Crippen LogP contribution in [0.5, 0.6) is 11.5 Å². The largest absolute Gasteiger partial charge is 0.507 e. The third-order valence-corrected chi connectivity index (χ3v) is 5.35. The van der Waals surface area contributed by atoms with Gasteiger partial charge in [-0.2, -0.15) is 0 Å². The van der Waals surface area contributed by atoms with Crippen LogP contribution < -0.4 is 9.64 Å². The van der Waals surface area contributed by atoms with Crippen LogP contribution in [0.1, 0.15) is 17.2 Å². The van der Waals surface area contributed by atoms with E-state index in [1.807, 2.05) is 0 Å². The summed E-state index contributed by atoms with van der Waals surface area (Å²) in [4.78, 5) is 37.8. The number of aliphatic hydroxyl groups excluding tert-OH is 1. The molecule has 2 N–H and O–H groups in total. The first kappa shape index (κ1) is 21.6. The summed E-state index contributed by atoms with van der Waals surface area (Å²) in [6, 6.07) is 16.8. The molecule has 0 spiro atoms. The quantitative estimate of drug-likeness (QED) is 0.200. The number of non-ortho nitro benzene ring substituents is 1. The van der Waals surface area contributed by atoms with Gasteiger partial charge in [-0.25, -0.2) is 0 Å². The maximum absolute atomic E-state index is 13.1. The second-order valence-electron chi connectivity index (χ2n) is 7.24. The first-order valence-electron chi connectivity index (χ1n) is 9.81. The van der Waals surface area contributed by atoms with Crippen molar-refractivity contribution in [1.29, 1.82) is 0 Å². The minimum absolute atomic E-state index is 0.126. The fourth-order valence-electron chi connectivity index (χ4n) is 3.76. The Morgan fingerprint density at radius 3 is 2.30 bits per heavy atom. The van der Waals surface area contributed by atoms with Gasteiger partial charge in [-0.3, -0.25) is 24.6 Å². The molecule has 0 saturated carbocycles. The lowest BCUT2D eigenvalue weighted by atomic mass is 9.94. The molecule has 166 valence electrons. The molecule has 1 aliphatic rings. The number of carbonyl (C=O) groups is 2. The summed E-state index contributed by atoms with van der Waals surface area (Å²) >= 11 is 0. The van der Waals surface area contributed by atoms with Crippen LogP contribution in [0.15, 0.2) is 78.4 Å². The lowest BCUT2D eigenvalue weighted by Gasteiger charge is -2.25. The van der Waals surface area contributed by atoms with Crippen molar-refractivity contribution < 1.29 is 29.5 Å². The molecule has 1 saturated heterocycles. The van der Waals surface area contributed by atoms with E-state index in [0.29, 0.717) is 11.3 Å². The van der Waals surface area contributed by atoms with Gasteiger partial charge < -0.3 is 14.9 Å². The molecule has 0 aliphatic carbocycles. The number of benzene rings is 3. The molecule has 3 aromatic carbocycles. The van der Waals surface area contributed by atoms with Crippen molar-refractivity contribution in [1.82, 2.24) is 0 Å². The molecule has 1 amide bonds. The average molecular weight is 446 g/mol. The number of ether oxygens (including phenoxy) is 1. The van der Waals surface area contributed by atoms with Crippen molar-refractivity contribution in [2.75, 3.05) is 12.0 Å². The maximum atomic E-state index is 13.1. The zero-order valence-corrected chi connectivity index (χ0v) is 17.3. The van der Waals surface area contributed by atoms with Gasteiger partial charge in [0.25, 0.3) is 17.4 Å². The van der Waals surface area contributed by atoms with Gasteiger partial charge in [-0.05, 0) is 42.0 Å². The van der Waals surface area contributed by atoms with E-state index in [-0.39, 0.29) is 28.3 Å². The van der Waals surface area contributed by atoms with Crippen molar-refractivity contribution in [2.24, 2.45) is 0 Å². The molecule has 1 fully saturated rings. The van der Waals surface area contributed by atoms with E-state index >= 15 is 0 Å². The summed E-state index contributed by atoms with van der Waals surface area (Å²) < 4.78 is 5.18. The Labute approximate surface area is 187 Å². The van der Waals surface area contributed by atoms with Crippen molar-refractivity contribution in [2.45, 2.75) is 6.04 Å². The number of aromatic hydroxyl groups is 1. The molecule has 0 bridgehead atoms. The monoisotopic (exact) mass is 446 g/mol. The summed E-state index contributed by atoms with van der Waals surface area (Å²) in [6.45, 7) is 0. The number of rotatable bonds is 5. The van der Waals surface area contributed by atoms with E-state index in [2.05, 4.69) is 0 Å². The van der Waals surface area contributed by atoms with Gasteiger partial charge in [-0.1, -0.05) is 24.3 Å². The van der Waals surface area contributed by atoms with Gasteiger partial charge in [-0.15, -0.1) is 0 Å². The highest BCUT2D eigenvalue weighted by molar-refractivity contribution is 6.51. The highest BCUT2D eigenvalue weighted by atomic mass is 16.6. The number of ketones is 1. The summed E-state index contributed by atoms with van der Waals surface area (Å²) in [5, 5.41) is 32.0. The Kier molecular flexibility index (Phi) is 5.53. The first-order chi connectivity index (χ1) is 15.8. The number of Topliss-reactive ketones (excluding diaryl/α,β-unsaturated/α-hetero) is 1. The molecular weight excluding hydrogens is 428 g/mol. The number of hydrogen-bond acceptors (Lipinski definition) is 7. The van der Waals surface area contributed by atoms with Crippen LogP contribution in [-0.4, -0.2) is 33.9 Å². The third-order valence-electron chi connectivity index (χ3n) is 5.35. The van der Waals surface area contributed by atoms with E-state index in [1.54, 1.807) is 30.3 Å². The summed E-state index contributed by atoms with van der Waals surface area (Å²) in [5.74, 6) is -2.23. The van der Waals surface area contributed by atoms with Gasteiger partial charge in [0, 0.05) is 23.4 Å². The summed E-state index contributed by atoms with van der Waals surface area (Å²) in [6.07, 6.45) is 0. The highest BCUT2D eigenvalue weighted by Gasteiger charge is 2.47. The third kappa shape index (κ3) is 3.76. The number of nitro groups is 1. The van der Waals surface area contributed by atoms with Crippen LogP contribution in [0, 0.1) is 10.1 Å². The Bertz CT molecular complexity index is 1280. The molecule has 9 nitrogen and oxygen atoms in total. The van der Waals surface area contributed by atoms with Crippen LogP contribution in [0.25, 0.3) is 5.76 Å². The first-order valence-corrected chi connectivity index (χ1v) is 9.81. The summed E-state index contributed by atoms with van der Waals surface area (Å²) in [7, 11) is 1.36. The molecule has 1 heterocycles. The fourth-order valence-corrected chi connectivity index (χ4v) is 3.76. The van der Waals surface area contributed by atoms with Crippen molar-refractivity contribution in [3.05, 3.63) is 99.6 Å². The molecule has 0 radical (unpaired) electrons. The minimum atomic E-state index is -1.03. The average Bonchev–Trinajstić information content (AvgIpc) is 3.10. The van der Waals surface area contributed by atoms with Gasteiger partial charge in [0.1, 0.15) is 5.76 Å². The van der Waals surface area contributed by atoms with Crippen LogP contribution >= 0.6 is 0 Å². The van der Waals surface area contributed by atoms with Crippen LogP contribution in [0.3, 0.4) is 0 Å². The number of phenols is 1. The zero-order chi connectivity index (χ0) is 23.7. The van der Waals surface area contributed by atoms with Gasteiger partial charge in [0.05, 0.1) is 23.6 Å². The lowest BCUT2D eigenvalue weighted by molar-refractivity contribution is -0.384. The number of nitro benzene ring substituents is 1. The SMILES string of the molecule is COc1cc(C2/C(=C(/O)c3ccc([N+](=O)[O-])cc3)C(=O)C(=O)N2c2ccccc2)ccc1O. The van der Waals surface area contributed by atoms with Gasteiger partial charge in [0.15, 0.2) is 11.5 Å². The number of anilines is 1. The van der Waals surface area contributed by atoms with Crippen LogP contribution in [0.2, 0.25) is 0 Å². The molecule has 9 heteroatoms. The Morgan fingerprint density at radius 2 is 1.70 bits per heavy atom. The molecule has 3 aromatic rings. The number of aliphatic hydroxyl groups is 1. The number of para-hydroxylation sites is 1. The van der Waals surface area contributed by atoms with Gasteiger partial charge >= 0.3 is 0 Å². The number of amides is 1. The topological polar surface area (TPSA) is 130 Å². The second kappa shape index (κ2) is 8.46. The fraction of sp³-hybridized carbons (Fsp3) is 0.0833. The highest BCUT2D eigenvalue weighted by Crippen LogP contribution is 2.43. The number of nitrogens with zero attached hydrogens (tertiary/aromatic N) is 2. The Balaban J connectivity index is 1.94. The Hall–Kier alpha value is -4.66. The predicted molar refractivity (Wildman–Crippen MR) is 119 cm³/mol. The zero-order valence-electron chi connectivity index (χ0n) is 17.3. The van der Waals surface area contributed by atoms with E-state index < -0.39 is 28.4 Å². The Morgan fingerprint density at radius 1 is 1.03 bits per heavy atom. The molecule has 1 aliphatic heterocycles. The maximum Gasteiger partial charge on any atom is 0.300 e. The second-order valence-corrected chi connectivity index (χ2v) is 7.24. The molecule has 1 atom stereocenters. The van der Waals surface area contributed by atoms with E-state index in [0.717, 1.165) is 0 Å². The standard InChI is InChI=1S/C24H18N2O7/c1-33-19-13-15(9-12-18(19)27)21-20(22(28)14-7-10-17(11-8-14)26(31)32)23(29)24(30)25(21)16-5-3-2-4-6-16/h2-13,21,27-28H,1H3/b22-20-.